The van der Waals surface area contributed by atoms with Gasteiger partial charge in [-0.2, -0.15) is 0 Å². The molecule has 31 heavy (non-hydrogen) atoms. The Hall–Kier alpha value is -2.16. The number of rotatable bonds is 9. The molecule has 0 atom stereocenters. The van der Waals surface area contributed by atoms with Crippen LogP contribution in [-0.2, 0) is 10.5 Å². The Morgan fingerprint density at radius 2 is 2.00 bits per heavy atom. The van der Waals surface area contributed by atoms with Gasteiger partial charge in [0.25, 0.3) is 5.91 Å². The van der Waals surface area contributed by atoms with E-state index in [1.165, 1.54) is 0 Å². The van der Waals surface area contributed by atoms with Crippen molar-refractivity contribution in [1.29, 1.82) is 0 Å². The van der Waals surface area contributed by atoms with Crippen LogP contribution in [0.5, 0.6) is 0 Å². The number of nitrogens with one attached hydrogen (secondary N) is 1. The van der Waals surface area contributed by atoms with Gasteiger partial charge in [-0.3, -0.25) is 4.79 Å². The van der Waals surface area contributed by atoms with E-state index in [4.69, 9.17) is 14.7 Å². The van der Waals surface area contributed by atoms with Crippen LogP contribution in [0.1, 0.15) is 41.4 Å². The number of aromatic nitrogens is 2. The third-order valence-electron chi connectivity index (χ3n) is 5.04. The molecule has 1 aliphatic heterocycles. The molecule has 1 N–H and O–H groups in total. The number of benzene rings is 1. The molecule has 1 aromatic heterocycles. The van der Waals surface area contributed by atoms with Crippen molar-refractivity contribution < 1.29 is 9.53 Å². The second-order valence-electron chi connectivity index (χ2n) is 8.24. The van der Waals surface area contributed by atoms with Crippen LogP contribution in [0.3, 0.4) is 0 Å². The predicted molar refractivity (Wildman–Crippen MR) is 126 cm³/mol. The summed E-state index contributed by atoms with van der Waals surface area (Å²) in [5.41, 5.74) is 2.81. The monoisotopic (exact) mass is 443 g/mol. The molecule has 1 fully saturated rings. The fourth-order valence-electron chi connectivity index (χ4n) is 3.19. The minimum Gasteiger partial charge on any atom is -0.378 e. The molecule has 0 bridgehead atoms. The Morgan fingerprint density at radius 3 is 2.71 bits per heavy atom. The second kappa shape index (κ2) is 11.5. The number of hydrogen-bond acceptors (Lipinski definition) is 7. The van der Waals surface area contributed by atoms with Crippen LogP contribution in [0, 0.1) is 0 Å². The molecule has 0 saturated carbocycles. The van der Waals surface area contributed by atoms with Crippen molar-refractivity contribution in [3.63, 3.8) is 0 Å². The van der Waals surface area contributed by atoms with Crippen LogP contribution in [0.2, 0.25) is 0 Å². The number of carbonyl (C=O) groups is 1. The molecule has 168 valence electrons. The van der Waals surface area contributed by atoms with E-state index in [0.717, 1.165) is 55.1 Å². The topological polar surface area (TPSA) is 70.6 Å². The van der Waals surface area contributed by atoms with Crippen molar-refractivity contribution in [3.8, 4) is 0 Å². The molecule has 2 heterocycles. The summed E-state index contributed by atoms with van der Waals surface area (Å²) in [6.07, 6.45) is 0. The van der Waals surface area contributed by atoms with Gasteiger partial charge >= 0.3 is 0 Å². The van der Waals surface area contributed by atoms with E-state index < -0.39 is 0 Å². The fourth-order valence-corrected chi connectivity index (χ4v) is 3.99. The Morgan fingerprint density at radius 1 is 1.23 bits per heavy atom. The largest absolute Gasteiger partial charge is 0.378 e. The summed E-state index contributed by atoms with van der Waals surface area (Å²) in [6, 6.07) is 9.87. The van der Waals surface area contributed by atoms with Crippen LogP contribution in [0.15, 0.2) is 35.5 Å². The summed E-state index contributed by atoms with van der Waals surface area (Å²) in [5.74, 6) is 1.97. The standard InChI is InChI=1S/C23H33N5O2S/c1-17(2)20-15-21(28-10-12-30-13-11-28)26-23(25-20)31-16-18-6-5-7-19(14-18)22(29)24-8-9-27(3)4/h5-7,14-15,17H,8-13,16H2,1-4H3,(H,24,29). The summed E-state index contributed by atoms with van der Waals surface area (Å²) >= 11 is 1.61. The molecule has 8 heteroatoms. The molecular formula is C23H33N5O2S. The molecule has 0 unspecified atom stereocenters. The first kappa shape index (κ1) is 23.5. The maximum absolute atomic E-state index is 12.4. The van der Waals surface area contributed by atoms with Crippen LogP contribution < -0.4 is 10.2 Å². The molecule has 0 aliphatic carbocycles. The minimum absolute atomic E-state index is 0.0404. The lowest BCUT2D eigenvalue weighted by molar-refractivity contribution is 0.0951. The summed E-state index contributed by atoms with van der Waals surface area (Å²) < 4.78 is 5.48. The molecule has 0 spiro atoms. The van der Waals surface area contributed by atoms with Crippen molar-refractivity contribution in [2.24, 2.45) is 0 Å². The molecule has 3 rings (SSSR count). The van der Waals surface area contributed by atoms with Crippen molar-refractivity contribution in [2.45, 2.75) is 30.7 Å². The van der Waals surface area contributed by atoms with Crippen LogP contribution in [0.4, 0.5) is 5.82 Å². The highest BCUT2D eigenvalue weighted by Crippen LogP contribution is 2.26. The van der Waals surface area contributed by atoms with Gasteiger partial charge in [-0.15, -0.1) is 0 Å². The molecule has 2 aromatic rings. The van der Waals surface area contributed by atoms with Gasteiger partial charge in [0, 0.05) is 49.3 Å². The van der Waals surface area contributed by atoms with Gasteiger partial charge in [0.05, 0.1) is 13.2 Å². The average Bonchev–Trinajstić information content (AvgIpc) is 2.78. The summed E-state index contributed by atoms with van der Waals surface area (Å²) in [4.78, 5) is 26.3. The number of carbonyl (C=O) groups excluding carboxylic acids is 1. The number of likely N-dealkylation sites (N-methyl/N-ethyl adjacent to an activating group) is 1. The summed E-state index contributed by atoms with van der Waals surface area (Å²) in [5, 5.41) is 3.74. The fraction of sp³-hybridized carbons (Fsp3) is 0.522. The number of hydrogen-bond donors (Lipinski definition) is 1. The first-order valence-electron chi connectivity index (χ1n) is 10.8. The quantitative estimate of drug-likeness (QED) is 0.472. The zero-order chi connectivity index (χ0) is 22.2. The molecule has 7 nitrogen and oxygen atoms in total. The van der Waals surface area contributed by atoms with E-state index in [1.807, 2.05) is 43.3 Å². The number of thioether (sulfide) groups is 1. The zero-order valence-electron chi connectivity index (χ0n) is 18.9. The maximum atomic E-state index is 12.4. The van der Waals surface area contributed by atoms with Gasteiger partial charge < -0.3 is 19.9 Å². The van der Waals surface area contributed by atoms with E-state index in [0.29, 0.717) is 23.8 Å². The van der Waals surface area contributed by atoms with Crippen molar-refractivity contribution in [2.75, 3.05) is 58.4 Å². The van der Waals surface area contributed by atoms with E-state index in [2.05, 4.69) is 30.1 Å². The lowest BCUT2D eigenvalue weighted by atomic mass is 10.1. The SMILES string of the molecule is CC(C)c1cc(N2CCOCC2)nc(SCc2cccc(C(=O)NCCN(C)C)c2)n1. The number of amides is 1. The highest BCUT2D eigenvalue weighted by Gasteiger charge is 2.16. The predicted octanol–water partition coefficient (Wildman–Crippen LogP) is 3.02. The number of morpholine rings is 1. The van der Waals surface area contributed by atoms with E-state index in [1.54, 1.807) is 11.8 Å². The van der Waals surface area contributed by atoms with Gasteiger partial charge in [0.1, 0.15) is 5.82 Å². The molecule has 1 amide bonds. The van der Waals surface area contributed by atoms with Crippen LogP contribution >= 0.6 is 11.8 Å². The van der Waals surface area contributed by atoms with Gasteiger partial charge in [0.15, 0.2) is 5.16 Å². The van der Waals surface area contributed by atoms with Gasteiger partial charge in [0.2, 0.25) is 0 Å². The highest BCUT2D eigenvalue weighted by atomic mass is 32.2. The first-order valence-corrected chi connectivity index (χ1v) is 11.8. The van der Waals surface area contributed by atoms with Crippen molar-refractivity contribution in [3.05, 3.63) is 47.2 Å². The van der Waals surface area contributed by atoms with E-state index >= 15 is 0 Å². The third kappa shape index (κ3) is 7.19. The smallest absolute Gasteiger partial charge is 0.251 e. The summed E-state index contributed by atoms with van der Waals surface area (Å²) in [7, 11) is 3.98. The normalized spacial score (nSPS) is 14.3. The number of nitrogens with zero attached hydrogens (tertiary/aromatic N) is 4. The van der Waals surface area contributed by atoms with Crippen molar-refractivity contribution >= 4 is 23.5 Å². The van der Waals surface area contributed by atoms with Gasteiger partial charge in [-0.1, -0.05) is 37.7 Å². The average molecular weight is 444 g/mol. The van der Waals surface area contributed by atoms with Gasteiger partial charge in [-0.05, 0) is 37.7 Å². The summed E-state index contributed by atoms with van der Waals surface area (Å²) in [6.45, 7) is 8.91. The molecule has 1 aromatic carbocycles. The molecule has 1 aliphatic rings. The number of ether oxygens (including phenoxy) is 1. The first-order chi connectivity index (χ1) is 14.9. The second-order valence-corrected chi connectivity index (χ2v) is 9.18. The highest BCUT2D eigenvalue weighted by molar-refractivity contribution is 7.98. The Balaban J connectivity index is 1.67. The van der Waals surface area contributed by atoms with E-state index in [-0.39, 0.29) is 5.91 Å². The number of anilines is 1. The van der Waals surface area contributed by atoms with Crippen LogP contribution in [-0.4, -0.2) is 74.3 Å². The lowest BCUT2D eigenvalue weighted by Crippen LogP contribution is -2.37. The maximum Gasteiger partial charge on any atom is 0.251 e. The molecule has 0 radical (unpaired) electrons. The zero-order valence-corrected chi connectivity index (χ0v) is 19.7. The van der Waals surface area contributed by atoms with Gasteiger partial charge in [-0.25, -0.2) is 9.97 Å². The van der Waals surface area contributed by atoms with Crippen LogP contribution in [0.25, 0.3) is 0 Å². The van der Waals surface area contributed by atoms with Crippen molar-refractivity contribution in [1.82, 2.24) is 20.2 Å². The third-order valence-corrected chi connectivity index (χ3v) is 5.96. The molecule has 1 saturated heterocycles. The Kier molecular flexibility index (Phi) is 8.69. The lowest BCUT2D eigenvalue weighted by Gasteiger charge is -2.28. The molecular weight excluding hydrogens is 410 g/mol. The van der Waals surface area contributed by atoms with E-state index in [9.17, 15) is 4.79 Å². The Labute approximate surface area is 189 Å². The minimum atomic E-state index is -0.0404. The Bertz CT molecular complexity index is 869.